The molecule has 1 atom stereocenters. The molecule has 20 heavy (non-hydrogen) atoms. The first kappa shape index (κ1) is 12.6. The fraction of sp³-hybridized carbons (Fsp3) is 0.176. The summed E-state index contributed by atoms with van der Waals surface area (Å²) in [7, 11) is 0. The average molecular weight is 265 g/mol. The number of Topliss-reactive ketones (excluding diaryl/α,β-unsaturated/α-hetero) is 1. The van der Waals surface area contributed by atoms with Crippen LogP contribution in [0.2, 0.25) is 0 Å². The van der Waals surface area contributed by atoms with Gasteiger partial charge in [-0.3, -0.25) is 9.59 Å². The van der Waals surface area contributed by atoms with Gasteiger partial charge in [-0.15, -0.1) is 0 Å². The molecule has 1 aliphatic heterocycles. The van der Waals surface area contributed by atoms with Crippen molar-refractivity contribution in [3.63, 3.8) is 0 Å². The van der Waals surface area contributed by atoms with Crippen molar-refractivity contribution >= 4 is 11.7 Å². The van der Waals surface area contributed by atoms with Crippen LogP contribution < -0.4 is 5.32 Å². The second kappa shape index (κ2) is 5.29. The summed E-state index contributed by atoms with van der Waals surface area (Å²) in [4.78, 5) is 23.9. The van der Waals surface area contributed by atoms with Crippen molar-refractivity contribution < 1.29 is 9.59 Å². The van der Waals surface area contributed by atoms with Crippen LogP contribution in [-0.4, -0.2) is 17.7 Å². The number of benzene rings is 2. The molecule has 0 saturated carbocycles. The summed E-state index contributed by atoms with van der Waals surface area (Å²) in [5, 5.41) is 2.74. The Morgan fingerprint density at radius 1 is 1.00 bits per heavy atom. The van der Waals surface area contributed by atoms with Gasteiger partial charge in [0.25, 0.3) is 0 Å². The van der Waals surface area contributed by atoms with Gasteiger partial charge in [-0.05, 0) is 17.5 Å². The highest BCUT2D eigenvalue weighted by molar-refractivity contribution is 6.07. The number of hydrogen-bond acceptors (Lipinski definition) is 2. The standard InChI is InChI=1S/C17H15NO2/c19-16-11-10-15(18-16)17(20)14-9-5-4-8-13(14)12-6-2-1-3-7-12/h1-9,15H,10-11H2,(H,18,19)/t15-/m0/s1. The lowest BCUT2D eigenvalue weighted by Crippen LogP contribution is -2.33. The maximum atomic E-state index is 12.6. The summed E-state index contributed by atoms with van der Waals surface area (Å²) < 4.78 is 0. The van der Waals surface area contributed by atoms with Crippen molar-refractivity contribution in [3.8, 4) is 11.1 Å². The first-order valence-corrected chi connectivity index (χ1v) is 6.74. The molecule has 1 saturated heterocycles. The first-order chi connectivity index (χ1) is 9.75. The smallest absolute Gasteiger partial charge is 0.220 e. The van der Waals surface area contributed by atoms with E-state index >= 15 is 0 Å². The van der Waals surface area contributed by atoms with Crippen LogP contribution in [0.3, 0.4) is 0 Å². The molecule has 3 heteroatoms. The number of nitrogens with one attached hydrogen (secondary N) is 1. The van der Waals surface area contributed by atoms with E-state index in [0.717, 1.165) is 11.1 Å². The van der Waals surface area contributed by atoms with Crippen LogP contribution in [0.5, 0.6) is 0 Å². The highest BCUT2D eigenvalue weighted by Crippen LogP contribution is 2.25. The number of ketones is 1. The number of carbonyl (C=O) groups excluding carboxylic acids is 2. The average Bonchev–Trinajstić information content (AvgIpc) is 2.94. The van der Waals surface area contributed by atoms with E-state index in [1.165, 1.54) is 0 Å². The highest BCUT2D eigenvalue weighted by atomic mass is 16.2. The van der Waals surface area contributed by atoms with Crippen molar-refractivity contribution in [1.82, 2.24) is 5.32 Å². The number of hydrogen-bond donors (Lipinski definition) is 1. The molecule has 0 spiro atoms. The molecule has 0 bridgehead atoms. The van der Waals surface area contributed by atoms with Crippen molar-refractivity contribution in [2.75, 3.05) is 0 Å². The van der Waals surface area contributed by atoms with Gasteiger partial charge in [0.1, 0.15) is 0 Å². The molecule has 0 unspecified atom stereocenters. The summed E-state index contributed by atoms with van der Waals surface area (Å²) >= 11 is 0. The van der Waals surface area contributed by atoms with Crippen molar-refractivity contribution in [3.05, 3.63) is 60.2 Å². The highest BCUT2D eigenvalue weighted by Gasteiger charge is 2.29. The maximum absolute atomic E-state index is 12.6. The molecule has 0 aliphatic carbocycles. The summed E-state index contributed by atoms with van der Waals surface area (Å²) in [5.41, 5.74) is 2.60. The van der Waals surface area contributed by atoms with Gasteiger partial charge >= 0.3 is 0 Å². The van der Waals surface area contributed by atoms with E-state index in [9.17, 15) is 9.59 Å². The van der Waals surface area contributed by atoms with E-state index in [1.54, 1.807) is 0 Å². The quantitative estimate of drug-likeness (QED) is 0.867. The molecule has 2 aromatic rings. The molecule has 3 rings (SSSR count). The van der Waals surface area contributed by atoms with E-state index in [1.807, 2.05) is 54.6 Å². The molecule has 1 fully saturated rings. The van der Waals surface area contributed by atoms with E-state index in [2.05, 4.69) is 5.32 Å². The molecule has 2 aromatic carbocycles. The Kier molecular flexibility index (Phi) is 3.33. The Morgan fingerprint density at radius 2 is 1.70 bits per heavy atom. The minimum atomic E-state index is -0.382. The van der Waals surface area contributed by atoms with Crippen LogP contribution in [0.1, 0.15) is 23.2 Å². The minimum Gasteiger partial charge on any atom is -0.346 e. The van der Waals surface area contributed by atoms with Crippen LogP contribution >= 0.6 is 0 Å². The first-order valence-electron chi connectivity index (χ1n) is 6.74. The molecule has 0 radical (unpaired) electrons. The third kappa shape index (κ3) is 2.35. The second-order valence-electron chi connectivity index (χ2n) is 4.93. The number of carbonyl (C=O) groups is 2. The fourth-order valence-electron chi connectivity index (χ4n) is 2.57. The zero-order valence-electron chi connectivity index (χ0n) is 11.0. The summed E-state index contributed by atoms with van der Waals surface area (Å²) in [6, 6.07) is 17.0. The van der Waals surface area contributed by atoms with Crippen LogP contribution in [-0.2, 0) is 4.79 Å². The third-order valence-electron chi connectivity index (χ3n) is 3.59. The lowest BCUT2D eigenvalue weighted by atomic mass is 9.94. The molecule has 3 nitrogen and oxygen atoms in total. The summed E-state index contributed by atoms with van der Waals surface area (Å²) in [6.07, 6.45) is 1.02. The predicted octanol–water partition coefficient (Wildman–Crippen LogP) is 2.81. The second-order valence-corrected chi connectivity index (χ2v) is 4.93. The predicted molar refractivity (Wildman–Crippen MR) is 77.4 cm³/mol. The van der Waals surface area contributed by atoms with Crippen molar-refractivity contribution in [1.29, 1.82) is 0 Å². The van der Waals surface area contributed by atoms with E-state index in [4.69, 9.17) is 0 Å². The molecule has 100 valence electrons. The lowest BCUT2D eigenvalue weighted by Gasteiger charge is -2.13. The number of amides is 1. The minimum absolute atomic E-state index is 0.00435. The summed E-state index contributed by atoms with van der Waals surface area (Å²) in [5.74, 6) is -0.0455. The Morgan fingerprint density at radius 3 is 2.40 bits per heavy atom. The van der Waals surface area contributed by atoms with Crippen LogP contribution in [0.4, 0.5) is 0 Å². The molecule has 0 aromatic heterocycles. The van der Waals surface area contributed by atoms with Gasteiger partial charge < -0.3 is 5.32 Å². The van der Waals surface area contributed by atoms with Gasteiger partial charge in [0, 0.05) is 12.0 Å². The van der Waals surface area contributed by atoms with Gasteiger partial charge in [-0.1, -0.05) is 54.6 Å². The Hall–Kier alpha value is -2.42. The fourth-order valence-corrected chi connectivity index (χ4v) is 2.57. The largest absolute Gasteiger partial charge is 0.346 e. The van der Waals surface area contributed by atoms with Gasteiger partial charge in [0.05, 0.1) is 6.04 Å². The van der Waals surface area contributed by atoms with E-state index in [-0.39, 0.29) is 17.7 Å². The zero-order chi connectivity index (χ0) is 13.9. The molecule has 1 amide bonds. The summed E-state index contributed by atoms with van der Waals surface area (Å²) in [6.45, 7) is 0. The Balaban J connectivity index is 1.98. The maximum Gasteiger partial charge on any atom is 0.220 e. The van der Waals surface area contributed by atoms with Gasteiger partial charge in [-0.2, -0.15) is 0 Å². The SMILES string of the molecule is O=C1CC[C@@H](C(=O)c2ccccc2-c2ccccc2)N1. The topological polar surface area (TPSA) is 46.2 Å². The van der Waals surface area contributed by atoms with Crippen LogP contribution in [0.15, 0.2) is 54.6 Å². The van der Waals surface area contributed by atoms with Gasteiger partial charge in [-0.25, -0.2) is 0 Å². The van der Waals surface area contributed by atoms with E-state index < -0.39 is 0 Å². The van der Waals surface area contributed by atoms with Crippen LogP contribution in [0.25, 0.3) is 11.1 Å². The molecule has 1 aliphatic rings. The van der Waals surface area contributed by atoms with Gasteiger partial charge in [0.15, 0.2) is 5.78 Å². The third-order valence-corrected chi connectivity index (χ3v) is 3.59. The van der Waals surface area contributed by atoms with E-state index in [0.29, 0.717) is 18.4 Å². The Labute approximate surface area is 117 Å². The molecule has 1 heterocycles. The van der Waals surface area contributed by atoms with Crippen molar-refractivity contribution in [2.45, 2.75) is 18.9 Å². The molecular weight excluding hydrogens is 250 g/mol. The lowest BCUT2D eigenvalue weighted by molar-refractivity contribution is -0.119. The monoisotopic (exact) mass is 265 g/mol. The van der Waals surface area contributed by atoms with Gasteiger partial charge in [0.2, 0.25) is 5.91 Å². The molecular formula is C17H15NO2. The Bertz CT molecular complexity index is 649. The zero-order valence-corrected chi connectivity index (χ0v) is 11.0. The number of rotatable bonds is 3. The van der Waals surface area contributed by atoms with Crippen molar-refractivity contribution in [2.24, 2.45) is 0 Å². The molecule has 1 N–H and O–H groups in total. The van der Waals surface area contributed by atoms with Crippen LogP contribution in [0, 0.1) is 0 Å². The normalized spacial score (nSPS) is 17.8.